The standard InChI is InChI=1S/C10H8ClNOS/c11-8-4-2-1-3-7(8)10-9(5-13)12-6-14-10/h1-4,6,13H,5H2. The number of aromatic nitrogens is 1. The van der Waals surface area contributed by atoms with E-state index in [1.54, 1.807) is 5.51 Å². The van der Waals surface area contributed by atoms with Crippen molar-refractivity contribution in [3.8, 4) is 10.4 Å². The van der Waals surface area contributed by atoms with Crippen molar-refractivity contribution in [2.45, 2.75) is 6.61 Å². The summed E-state index contributed by atoms with van der Waals surface area (Å²) in [5, 5.41) is 9.75. The number of halogens is 1. The van der Waals surface area contributed by atoms with Gasteiger partial charge in [0.1, 0.15) is 0 Å². The quantitative estimate of drug-likeness (QED) is 0.853. The SMILES string of the molecule is OCc1ncsc1-c1ccccc1Cl. The molecule has 2 rings (SSSR count). The average molecular weight is 226 g/mol. The number of aliphatic hydroxyl groups excluding tert-OH is 1. The van der Waals surface area contributed by atoms with Crippen LogP contribution in [0.3, 0.4) is 0 Å². The average Bonchev–Trinajstić information content (AvgIpc) is 2.66. The Morgan fingerprint density at radius 2 is 2.14 bits per heavy atom. The largest absolute Gasteiger partial charge is 0.390 e. The Labute approximate surface area is 90.8 Å². The molecule has 0 spiro atoms. The Morgan fingerprint density at radius 3 is 2.86 bits per heavy atom. The molecule has 1 heterocycles. The number of thiazole rings is 1. The van der Waals surface area contributed by atoms with Crippen molar-refractivity contribution in [1.82, 2.24) is 4.98 Å². The second-order valence-electron chi connectivity index (χ2n) is 2.77. The minimum atomic E-state index is -0.0515. The molecule has 0 aliphatic rings. The predicted molar refractivity (Wildman–Crippen MR) is 58.5 cm³/mol. The molecule has 2 nitrogen and oxygen atoms in total. The number of benzene rings is 1. The molecular weight excluding hydrogens is 218 g/mol. The van der Waals surface area contributed by atoms with Crippen molar-refractivity contribution >= 4 is 22.9 Å². The minimum absolute atomic E-state index is 0.0515. The highest BCUT2D eigenvalue weighted by atomic mass is 35.5. The van der Waals surface area contributed by atoms with E-state index in [-0.39, 0.29) is 6.61 Å². The normalized spacial score (nSPS) is 10.4. The Bertz CT molecular complexity index is 441. The van der Waals surface area contributed by atoms with Crippen LogP contribution < -0.4 is 0 Å². The van der Waals surface area contributed by atoms with Gasteiger partial charge in [-0.3, -0.25) is 0 Å². The molecule has 0 aliphatic carbocycles. The summed E-state index contributed by atoms with van der Waals surface area (Å²) in [6.45, 7) is -0.0515. The van der Waals surface area contributed by atoms with Crippen LogP contribution in [0.25, 0.3) is 10.4 Å². The van der Waals surface area contributed by atoms with Gasteiger partial charge in [-0.05, 0) is 6.07 Å². The van der Waals surface area contributed by atoms with Gasteiger partial charge in [0.25, 0.3) is 0 Å². The number of hydrogen-bond acceptors (Lipinski definition) is 3. The van der Waals surface area contributed by atoms with Gasteiger partial charge in [0.2, 0.25) is 0 Å². The van der Waals surface area contributed by atoms with Crippen LogP contribution in [0.1, 0.15) is 5.69 Å². The molecule has 1 aromatic carbocycles. The first-order valence-electron chi connectivity index (χ1n) is 4.11. The van der Waals surface area contributed by atoms with Crippen molar-refractivity contribution in [3.05, 3.63) is 40.5 Å². The van der Waals surface area contributed by atoms with Gasteiger partial charge in [0.15, 0.2) is 0 Å². The van der Waals surface area contributed by atoms with Crippen LogP contribution in [0.5, 0.6) is 0 Å². The number of rotatable bonds is 2. The molecular formula is C10H8ClNOS. The molecule has 0 atom stereocenters. The Kier molecular flexibility index (Phi) is 2.82. The van der Waals surface area contributed by atoms with Crippen LogP contribution in [0.4, 0.5) is 0 Å². The topological polar surface area (TPSA) is 33.1 Å². The third-order valence-electron chi connectivity index (χ3n) is 1.91. The molecule has 72 valence electrons. The predicted octanol–water partition coefficient (Wildman–Crippen LogP) is 2.96. The van der Waals surface area contributed by atoms with Gasteiger partial charge < -0.3 is 5.11 Å². The first kappa shape index (κ1) is 9.65. The molecule has 0 aliphatic heterocycles. The van der Waals surface area contributed by atoms with Crippen molar-refractivity contribution in [1.29, 1.82) is 0 Å². The van der Waals surface area contributed by atoms with E-state index in [4.69, 9.17) is 16.7 Å². The molecule has 0 amide bonds. The fourth-order valence-corrected chi connectivity index (χ4v) is 2.38. The van der Waals surface area contributed by atoms with Gasteiger partial charge in [-0.1, -0.05) is 29.8 Å². The zero-order valence-corrected chi connectivity index (χ0v) is 8.85. The summed E-state index contributed by atoms with van der Waals surface area (Å²) in [7, 11) is 0. The number of hydrogen-bond donors (Lipinski definition) is 1. The molecule has 0 radical (unpaired) electrons. The van der Waals surface area contributed by atoms with Crippen LogP contribution in [0.2, 0.25) is 5.02 Å². The molecule has 0 fully saturated rings. The Morgan fingerprint density at radius 1 is 1.36 bits per heavy atom. The lowest BCUT2D eigenvalue weighted by molar-refractivity contribution is 0.278. The summed E-state index contributed by atoms with van der Waals surface area (Å²) in [5.74, 6) is 0. The highest BCUT2D eigenvalue weighted by Crippen LogP contribution is 2.32. The van der Waals surface area contributed by atoms with Crippen LogP contribution in [0, 0.1) is 0 Å². The summed E-state index contributed by atoms with van der Waals surface area (Å²) in [5.41, 5.74) is 3.33. The van der Waals surface area contributed by atoms with Crippen molar-refractivity contribution in [2.24, 2.45) is 0 Å². The highest BCUT2D eigenvalue weighted by molar-refractivity contribution is 7.13. The van der Waals surface area contributed by atoms with Crippen LogP contribution in [-0.2, 0) is 6.61 Å². The molecule has 2 aromatic rings. The minimum Gasteiger partial charge on any atom is -0.390 e. The summed E-state index contributed by atoms with van der Waals surface area (Å²) >= 11 is 7.53. The van der Waals surface area contributed by atoms with Gasteiger partial charge >= 0.3 is 0 Å². The summed E-state index contributed by atoms with van der Waals surface area (Å²) in [4.78, 5) is 5.00. The van der Waals surface area contributed by atoms with Crippen molar-refractivity contribution < 1.29 is 5.11 Å². The van der Waals surface area contributed by atoms with Crippen molar-refractivity contribution in [2.75, 3.05) is 0 Å². The summed E-state index contributed by atoms with van der Waals surface area (Å²) in [6, 6.07) is 7.56. The lowest BCUT2D eigenvalue weighted by atomic mass is 10.1. The monoisotopic (exact) mass is 225 g/mol. The highest BCUT2D eigenvalue weighted by Gasteiger charge is 2.09. The van der Waals surface area contributed by atoms with Gasteiger partial charge in [0, 0.05) is 10.6 Å². The van der Waals surface area contributed by atoms with E-state index in [0.717, 1.165) is 10.4 Å². The third-order valence-corrected chi connectivity index (χ3v) is 3.14. The molecule has 0 saturated heterocycles. The van der Waals surface area contributed by atoms with E-state index in [9.17, 15) is 0 Å². The maximum atomic E-state index is 9.06. The van der Waals surface area contributed by atoms with E-state index >= 15 is 0 Å². The Balaban J connectivity index is 2.54. The molecule has 14 heavy (non-hydrogen) atoms. The zero-order valence-electron chi connectivity index (χ0n) is 7.27. The molecule has 0 saturated carbocycles. The second-order valence-corrected chi connectivity index (χ2v) is 4.03. The molecule has 1 aromatic heterocycles. The van der Waals surface area contributed by atoms with Gasteiger partial charge in [-0.2, -0.15) is 0 Å². The van der Waals surface area contributed by atoms with E-state index in [1.165, 1.54) is 11.3 Å². The fraction of sp³-hybridized carbons (Fsp3) is 0.100. The third kappa shape index (κ3) is 1.66. The maximum absolute atomic E-state index is 9.06. The number of aliphatic hydroxyl groups is 1. The van der Waals surface area contributed by atoms with Crippen LogP contribution in [0.15, 0.2) is 29.8 Å². The van der Waals surface area contributed by atoms with Gasteiger partial charge in [-0.25, -0.2) is 4.98 Å². The lowest BCUT2D eigenvalue weighted by Crippen LogP contribution is -1.86. The second kappa shape index (κ2) is 4.09. The first-order chi connectivity index (χ1) is 6.83. The van der Waals surface area contributed by atoms with Gasteiger partial charge in [-0.15, -0.1) is 11.3 Å². The maximum Gasteiger partial charge on any atom is 0.0867 e. The molecule has 4 heteroatoms. The molecule has 0 unspecified atom stereocenters. The van der Waals surface area contributed by atoms with E-state index in [1.807, 2.05) is 24.3 Å². The van der Waals surface area contributed by atoms with Crippen molar-refractivity contribution in [3.63, 3.8) is 0 Å². The first-order valence-corrected chi connectivity index (χ1v) is 5.37. The smallest absolute Gasteiger partial charge is 0.0867 e. The van der Waals surface area contributed by atoms with E-state index in [2.05, 4.69) is 4.98 Å². The van der Waals surface area contributed by atoms with Crippen LogP contribution in [-0.4, -0.2) is 10.1 Å². The molecule has 0 bridgehead atoms. The number of nitrogens with zero attached hydrogens (tertiary/aromatic N) is 1. The van der Waals surface area contributed by atoms with E-state index in [0.29, 0.717) is 10.7 Å². The van der Waals surface area contributed by atoms with E-state index < -0.39 is 0 Å². The Hall–Kier alpha value is -0.900. The molecule has 1 N–H and O–H groups in total. The van der Waals surface area contributed by atoms with Gasteiger partial charge in [0.05, 0.1) is 22.7 Å². The van der Waals surface area contributed by atoms with Crippen LogP contribution >= 0.6 is 22.9 Å². The summed E-state index contributed by atoms with van der Waals surface area (Å²) < 4.78 is 0. The zero-order chi connectivity index (χ0) is 9.97. The lowest BCUT2D eigenvalue weighted by Gasteiger charge is -2.01. The fourth-order valence-electron chi connectivity index (χ4n) is 1.25. The summed E-state index contributed by atoms with van der Waals surface area (Å²) in [6.07, 6.45) is 0.